The van der Waals surface area contributed by atoms with Gasteiger partial charge in [-0.05, 0) is 29.8 Å². The molecular weight excluding hydrogens is 300 g/mol. The molecule has 0 aliphatic rings. The Hall–Kier alpha value is -1.41. The van der Waals surface area contributed by atoms with Crippen molar-refractivity contribution in [3.8, 4) is 0 Å². The Kier molecular flexibility index (Phi) is 5.79. The average Bonchev–Trinajstić information content (AvgIpc) is 2.37. The molecule has 18 heavy (non-hydrogen) atoms. The molecule has 0 radical (unpaired) electrons. The summed E-state index contributed by atoms with van der Waals surface area (Å²) in [6.07, 6.45) is 1.40. The number of nitrogens with zero attached hydrogens (tertiary/aromatic N) is 3. The van der Waals surface area contributed by atoms with E-state index in [1.165, 1.54) is 6.33 Å². The van der Waals surface area contributed by atoms with Gasteiger partial charge in [-0.2, -0.15) is 0 Å². The fraction of sp³-hybridized carbons (Fsp3) is 0.500. The van der Waals surface area contributed by atoms with E-state index < -0.39 is 0 Å². The molecule has 0 aliphatic heterocycles. The smallest absolute Gasteiger partial charge is 0.239 e. The lowest BCUT2D eigenvalue weighted by Gasteiger charge is -2.22. The van der Waals surface area contributed by atoms with E-state index in [0.29, 0.717) is 29.2 Å². The van der Waals surface area contributed by atoms with Gasteiger partial charge in [0.25, 0.3) is 0 Å². The maximum absolute atomic E-state index is 11.6. The average molecular weight is 317 g/mol. The fourth-order valence-electron chi connectivity index (χ4n) is 1.44. The number of hydrazine groups is 1. The van der Waals surface area contributed by atoms with Crippen LogP contribution in [0, 0.1) is 0 Å². The normalized spacial score (nSPS) is 10.0. The fourth-order valence-corrected chi connectivity index (χ4v) is 2.01. The molecule has 0 bridgehead atoms. The number of carbonyl (C=O) groups is 1. The highest BCUT2D eigenvalue weighted by Gasteiger charge is 2.16. The van der Waals surface area contributed by atoms with E-state index in [2.05, 4.69) is 36.6 Å². The Bertz CT molecular complexity index is 413. The van der Waals surface area contributed by atoms with E-state index in [-0.39, 0.29) is 12.5 Å². The standard InChI is InChI=1S/C10H17BrN6O/c1-3-13-7(18)5-17(4-2)10-8(11)9(16-12)14-6-15-10/h6H,3-5,12H2,1-2H3,(H,13,18)(H,14,15,16). The van der Waals surface area contributed by atoms with Gasteiger partial charge in [-0.3, -0.25) is 4.79 Å². The Balaban J connectivity index is 2.91. The van der Waals surface area contributed by atoms with Crippen LogP contribution in [-0.4, -0.2) is 35.5 Å². The van der Waals surface area contributed by atoms with Crippen LogP contribution in [0.15, 0.2) is 10.8 Å². The van der Waals surface area contributed by atoms with Gasteiger partial charge in [0.05, 0.1) is 6.54 Å². The second-order valence-electron chi connectivity index (χ2n) is 3.47. The van der Waals surface area contributed by atoms with Gasteiger partial charge < -0.3 is 15.6 Å². The van der Waals surface area contributed by atoms with Crippen molar-refractivity contribution in [1.29, 1.82) is 0 Å². The molecule has 100 valence electrons. The first-order valence-electron chi connectivity index (χ1n) is 5.62. The summed E-state index contributed by atoms with van der Waals surface area (Å²) in [6, 6.07) is 0. The summed E-state index contributed by atoms with van der Waals surface area (Å²) >= 11 is 3.37. The summed E-state index contributed by atoms with van der Waals surface area (Å²) in [4.78, 5) is 21.6. The van der Waals surface area contributed by atoms with Crippen molar-refractivity contribution in [2.45, 2.75) is 13.8 Å². The number of amides is 1. The van der Waals surface area contributed by atoms with Crippen LogP contribution >= 0.6 is 15.9 Å². The third-order valence-corrected chi connectivity index (χ3v) is 3.03. The van der Waals surface area contributed by atoms with Crippen molar-refractivity contribution in [2.75, 3.05) is 30.0 Å². The molecule has 0 saturated carbocycles. The number of carbonyl (C=O) groups excluding carboxylic acids is 1. The molecule has 0 aromatic carbocycles. The van der Waals surface area contributed by atoms with E-state index in [4.69, 9.17) is 5.84 Å². The summed E-state index contributed by atoms with van der Waals surface area (Å²) in [7, 11) is 0. The van der Waals surface area contributed by atoms with E-state index in [0.717, 1.165) is 0 Å². The second kappa shape index (κ2) is 7.12. The molecule has 0 saturated heterocycles. The van der Waals surface area contributed by atoms with Crippen LogP contribution in [0.5, 0.6) is 0 Å². The number of likely N-dealkylation sites (N-methyl/N-ethyl adjacent to an activating group) is 2. The first-order valence-corrected chi connectivity index (χ1v) is 6.42. The SMILES string of the molecule is CCNC(=O)CN(CC)c1ncnc(NN)c1Br. The van der Waals surface area contributed by atoms with Gasteiger partial charge in [-0.1, -0.05) is 0 Å². The maximum atomic E-state index is 11.6. The van der Waals surface area contributed by atoms with Crippen LogP contribution in [0.3, 0.4) is 0 Å². The summed E-state index contributed by atoms with van der Waals surface area (Å²) in [5.41, 5.74) is 2.47. The van der Waals surface area contributed by atoms with Crippen LogP contribution in [0.4, 0.5) is 11.6 Å². The maximum Gasteiger partial charge on any atom is 0.239 e. The predicted octanol–water partition coefficient (Wildman–Crippen LogP) is 0.487. The van der Waals surface area contributed by atoms with Crippen molar-refractivity contribution < 1.29 is 4.79 Å². The predicted molar refractivity (Wildman–Crippen MR) is 74.1 cm³/mol. The molecule has 0 unspecified atom stereocenters. The molecule has 1 aromatic heterocycles. The van der Waals surface area contributed by atoms with Gasteiger partial charge in [-0.25, -0.2) is 15.8 Å². The monoisotopic (exact) mass is 316 g/mol. The number of hydrogen-bond acceptors (Lipinski definition) is 6. The summed E-state index contributed by atoms with van der Waals surface area (Å²) in [5, 5.41) is 2.75. The van der Waals surface area contributed by atoms with Crippen LogP contribution in [0.2, 0.25) is 0 Å². The van der Waals surface area contributed by atoms with Gasteiger partial charge in [0.1, 0.15) is 16.6 Å². The Morgan fingerprint density at radius 1 is 1.50 bits per heavy atom. The Morgan fingerprint density at radius 3 is 2.78 bits per heavy atom. The zero-order chi connectivity index (χ0) is 13.5. The molecule has 0 spiro atoms. The highest BCUT2D eigenvalue weighted by Crippen LogP contribution is 2.28. The van der Waals surface area contributed by atoms with Gasteiger partial charge in [-0.15, -0.1) is 0 Å². The van der Waals surface area contributed by atoms with Gasteiger partial charge in [0.2, 0.25) is 5.91 Å². The van der Waals surface area contributed by atoms with Gasteiger partial charge >= 0.3 is 0 Å². The van der Waals surface area contributed by atoms with Crippen LogP contribution in [-0.2, 0) is 4.79 Å². The number of hydrogen-bond donors (Lipinski definition) is 3. The Morgan fingerprint density at radius 2 is 2.22 bits per heavy atom. The van der Waals surface area contributed by atoms with E-state index in [1.54, 1.807) is 0 Å². The first-order chi connectivity index (χ1) is 8.63. The van der Waals surface area contributed by atoms with E-state index in [9.17, 15) is 4.79 Å². The number of aromatic nitrogens is 2. The molecule has 4 N–H and O–H groups in total. The molecule has 1 aromatic rings. The highest BCUT2D eigenvalue weighted by atomic mass is 79.9. The zero-order valence-corrected chi connectivity index (χ0v) is 12.0. The minimum atomic E-state index is -0.0490. The van der Waals surface area contributed by atoms with Crippen molar-refractivity contribution in [3.05, 3.63) is 10.8 Å². The number of nitrogen functional groups attached to an aromatic ring is 1. The molecule has 1 heterocycles. The molecule has 0 atom stereocenters. The highest BCUT2D eigenvalue weighted by molar-refractivity contribution is 9.10. The minimum Gasteiger partial charge on any atom is -0.355 e. The number of nitrogens with one attached hydrogen (secondary N) is 2. The largest absolute Gasteiger partial charge is 0.355 e. The number of nitrogens with two attached hydrogens (primary N) is 1. The first kappa shape index (κ1) is 14.7. The van der Waals surface area contributed by atoms with Crippen LogP contribution < -0.4 is 21.5 Å². The van der Waals surface area contributed by atoms with Crippen molar-refractivity contribution in [3.63, 3.8) is 0 Å². The van der Waals surface area contributed by atoms with Crippen molar-refractivity contribution in [2.24, 2.45) is 5.84 Å². The van der Waals surface area contributed by atoms with Crippen molar-refractivity contribution >= 4 is 33.5 Å². The minimum absolute atomic E-state index is 0.0490. The van der Waals surface area contributed by atoms with Gasteiger partial charge in [0, 0.05) is 13.1 Å². The molecule has 8 heteroatoms. The summed E-state index contributed by atoms with van der Waals surface area (Å²) in [6.45, 7) is 5.33. The third-order valence-electron chi connectivity index (χ3n) is 2.30. The number of halogens is 1. The quantitative estimate of drug-likeness (QED) is 0.522. The lowest BCUT2D eigenvalue weighted by molar-refractivity contribution is -0.119. The number of anilines is 2. The topological polar surface area (TPSA) is 96.2 Å². The zero-order valence-electron chi connectivity index (χ0n) is 10.4. The molecule has 0 fully saturated rings. The summed E-state index contributed by atoms with van der Waals surface area (Å²) in [5.74, 6) is 6.41. The van der Waals surface area contributed by atoms with E-state index >= 15 is 0 Å². The molecular formula is C10H17BrN6O. The second-order valence-corrected chi connectivity index (χ2v) is 4.26. The van der Waals surface area contributed by atoms with E-state index in [1.807, 2.05) is 18.7 Å². The summed E-state index contributed by atoms with van der Waals surface area (Å²) < 4.78 is 0.638. The van der Waals surface area contributed by atoms with Gasteiger partial charge in [0.15, 0.2) is 5.82 Å². The van der Waals surface area contributed by atoms with Crippen molar-refractivity contribution in [1.82, 2.24) is 15.3 Å². The Labute approximate surface area is 114 Å². The molecule has 7 nitrogen and oxygen atoms in total. The third kappa shape index (κ3) is 3.54. The molecule has 0 aliphatic carbocycles. The molecule has 1 rings (SSSR count). The lowest BCUT2D eigenvalue weighted by Crippen LogP contribution is -2.37. The van der Waals surface area contributed by atoms with Crippen LogP contribution in [0.25, 0.3) is 0 Å². The lowest BCUT2D eigenvalue weighted by atomic mass is 10.4. The number of rotatable bonds is 6. The van der Waals surface area contributed by atoms with Crippen LogP contribution in [0.1, 0.15) is 13.8 Å². The molecule has 1 amide bonds.